The first-order chi connectivity index (χ1) is 6.54. The highest BCUT2D eigenvalue weighted by Gasteiger charge is 2.11. The minimum absolute atomic E-state index is 0.131. The Morgan fingerprint density at radius 1 is 0.857 bits per heavy atom. The van der Waals surface area contributed by atoms with Gasteiger partial charge in [-0.2, -0.15) is 10.5 Å². The molecule has 0 heterocycles. The van der Waals surface area contributed by atoms with Crippen LogP contribution >= 0.6 is 23.2 Å². The number of hydrogen-bond donors (Lipinski definition) is 0. The Morgan fingerprint density at radius 2 is 1.14 bits per heavy atom. The van der Waals surface area contributed by atoms with Crippen LogP contribution in [0.3, 0.4) is 0 Å². The zero-order valence-corrected chi connectivity index (χ0v) is 8.58. The predicted molar refractivity (Wildman–Crippen MR) is 56.2 cm³/mol. The van der Waals surface area contributed by atoms with Crippen molar-refractivity contribution in [2.75, 3.05) is 0 Å². The van der Waals surface area contributed by atoms with Crippen LogP contribution in [0.1, 0.15) is 11.1 Å². The standard InChI is InChI=1S/C10H4Cl2N2/c1-5-7(3-13)8(4-14)6(2)10(12)9(5)11/h1-2H2. The zero-order valence-electron chi connectivity index (χ0n) is 7.06. The van der Waals surface area contributed by atoms with Gasteiger partial charge in [-0.25, -0.2) is 0 Å². The molecule has 4 heteroatoms. The second-order valence-corrected chi connectivity index (χ2v) is 3.31. The van der Waals surface area contributed by atoms with E-state index in [1.54, 1.807) is 0 Å². The van der Waals surface area contributed by atoms with Crippen LogP contribution < -0.4 is 10.4 Å². The summed E-state index contributed by atoms with van der Waals surface area (Å²) >= 11 is 11.6. The monoisotopic (exact) mass is 222 g/mol. The topological polar surface area (TPSA) is 47.6 Å². The Hall–Kier alpha value is -1.48. The van der Waals surface area contributed by atoms with Crippen molar-refractivity contribution in [3.05, 3.63) is 31.6 Å². The predicted octanol–water partition coefficient (Wildman–Crippen LogP) is 1.56. The van der Waals surface area contributed by atoms with Crippen LogP contribution in [0.25, 0.3) is 13.2 Å². The number of benzene rings is 1. The highest BCUT2D eigenvalue weighted by atomic mass is 35.5. The fraction of sp³-hybridized carbons (Fsp3) is 0. The van der Waals surface area contributed by atoms with Gasteiger partial charge in [0.2, 0.25) is 0 Å². The molecule has 0 amide bonds. The molecule has 0 unspecified atom stereocenters. The average Bonchev–Trinajstić information content (AvgIpc) is 2.20. The van der Waals surface area contributed by atoms with E-state index in [0.717, 1.165) is 0 Å². The molecule has 0 fully saturated rings. The summed E-state index contributed by atoms with van der Waals surface area (Å²) in [5.74, 6) is 0. The van der Waals surface area contributed by atoms with Gasteiger partial charge in [0.25, 0.3) is 0 Å². The van der Waals surface area contributed by atoms with E-state index in [4.69, 9.17) is 33.7 Å². The summed E-state index contributed by atoms with van der Waals surface area (Å²) in [6, 6.07) is 3.71. The number of hydrogen-bond acceptors (Lipinski definition) is 2. The first-order valence-electron chi connectivity index (χ1n) is 3.53. The van der Waals surface area contributed by atoms with Crippen LogP contribution in [0.4, 0.5) is 0 Å². The van der Waals surface area contributed by atoms with E-state index in [0.29, 0.717) is 0 Å². The van der Waals surface area contributed by atoms with E-state index in [2.05, 4.69) is 13.2 Å². The summed E-state index contributed by atoms with van der Waals surface area (Å²) in [7, 11) is 0. The van der Waals surface area contributed by atoms with Gasteiger partial charge in [-0.15, -0.1) is 0 Å². The lowest BCUT2D eigenvalue weighted by atomic mass is 10.1. The summed E-state index contributed by atoms with van der Waals surface area (Å²) in [4.78, 5) is 0. The minimum atomic E-state index is 0.131. The molecule has 0 aliphatic rings. The molecule has 0 saturated carbocycles. The largest absolute Gasteiger partial charge is 0.192 e. The van der Waals surface area contributed by atoms with Crippen molar-refractivity contribution in [3.63, 3.8) is 0 Å². The van der Waals surface area contributed by atoms with Gasteiger partial charge in [-0.3, -0.25) is 0 Å². The normalized spacial score (nSPS) is 9.14. The van der Waals surface area contributed by atoms with Gasteiger partial charge in [-0.05, 0) is 0 Å². The summed E-state index contributed by atoms with van der Waals surface area (Å²) in [6.07, 6.45) is 0. The second-order valence-electron chi connectivity index (χ2n) is 2.56. The van der Waals surface area contributed by atoms with Gasteiger partial charge in [0.1, 0.15) is 12.1 Å². The van der Waals surface area contributed by atoms with Gasteiger partial charge >= 0.3 is 0 Å². The Kier molecular flexibility index (Phi) is 2.81. The van der Waals surface area contributed by atoms with Crippen molar-refractivity contribution in [3.8, 4) is 12.1 Å². The Morgan fingerprint density at radius 3 is 1.36 bits per heavy atom. The van der Waals surface area contributed by atoms with E-state index in [1.807, 2.05) is 12.1 Å². The van der Waals surface area contributed by atoms with E-state index >= 15 is 0 Å². The molecule has 0 saturated heterocycles. The van der Waals surface area contributed by atoms with E-state index < -0.39 is 0 Å². The van der Waals surface area contributed by atoms with Crippen molar-refractivity contribution in [1.82, 2.24) is 0 Å². The molecule has 14 heavy (non-hydrogen) atoms. The van der Waals surface area contributed by atoms with Crippen LogP contribution in [-0.4, -0.2) is 0 Å². The third-order valence-corrected chi connectivity index (χ3v) is 2.73. The van der Waals surface area contributed by atoms with Crippen molar-refractivity contribution in [2.45, 2.75) is 0 Å². The Balaban J connectivity index is 4.01. The fourth-order valence-corrected chi connectivity index (χ4v) is 1.45. The molecule has 1 aromatic carbocycles. The maximum absolute atomic E-state index is 8.80. The highest BCUT2D eigenvalue weighted by Crippen LogP contribution is 2.15. The van der Waals surface area contributed by atoms with E-state index in [9.17, 15) is 0 Å². The Labute approximate surface area is 90.9 Å². The molecular formula is C10H4Cl2N2. The molecule has 2 nitrogen and oxygen atoms in total. The van der Waals surface area contributed by atoms with Gasteiger partial charge in [-0.1, -0.05) is 36.4 Å². The molecule has 68 valence electrons. The SMILES string of the molecule is C=c1c(Cl)c(Cl)c(=C)c(C#N)c1C#N. The summed E-state index contributed by atoms with van der Waals surface area (Å²) in [6.45, 7) is 7.17. The first-order valence-corrected chi connectivity index (χ1v) is 4.29. The molecule has 0 aliphatic carbocycles. The molecule has 1 aromatic rings. The van der Waals surface area contributed by atoms with E-state index in [-0.39, 0.29) is 31.6 Å². The summed E-state index contributed by atoms with van der Waals surface area (Å²) < 4.78 is 0. The lowest BCUT2D eigenvalue weighted by Crippen LogP contribution is -2.19. The molecular weight excluding hydrogens is 219 g/mol. The third-order valence-electron chi connectivity index (χ3n) is 1.80. The maximum Gasteiger partial charge on any atom is 0.101 e. The summed E-state index contributed by atoms with van der Waals surface area (Å²) in [5, 5.41) is 18.5. The smallest absolute Gasteiger partial charge is 0.101 e. The number of rotatable bonds is 0. The Bertz CT molecular complexity index is 523. The number of nitrogens with zero attached hydrogens (tertiary/aromatic N) is 2. The molecule has 0 N–H and O–H groups in total. The molecule has 0 aromatic heterocycles. The number of halogens is 2. The van der Waals surface area contributed by atoms with Crippen molar-refractivity contribution >= 4 is 36.4 Å². The van der Waals surface area contributed by atoms with Crippen LogP contribution in [0.2, 0.25) is 10.0 Å². The third kappa shape index (κ3) is 1.36. The minimum Gasteiger partial charge on any atom is -0.192 e. The van der Waals surface area contributed by atoms with Crippen molar-refractivity contribution in [1.29, 1.82) is 10.5 Å². The molecule has 0 bridgehead atoms. The quantitative estimate of drug-likeness (QED) is 0.669. The lowest BCUT2D eigenvalue weighted by Gasteiger charge is -2.01. The van der Waals surface area contributed by atoms with E-state index in [1.165, 1.54) is 0 Å². The molecule has 0 spiro atoms. The maximum atomic E-state index is 8.80. The average molecular weight is 223 g/mol. The van der Waals surface area contributed by atoms with Gasteiger partial charge in [0.05, 0.1) is 21.2 Å². The van der Waals surface area contributed by atoms with Crippen LogP contribution in [0.15, 0.2) is 0 Å². The first kappa shape index (κ1) is 10.6. The fourth-order valence-electron chi connectivity index (χ4n) is 1.03. The lowest BCUT2D eigenvalue weighted by molar-refractivity contribution is 1.38. The molecule has 0 aliphatic heterocycles. The van der Waals surface area contributed by atoms with Crippen LogP contribution in [0.5, 0.6) is 0 Å². The molecule has 0 radical (unpaired) electrons. The second kappa shape index (κ2) is 3.72. The molecule has 0 atom stereocenters. The van der Waals surface area contributed by atoms with Crippen LogP contribution in [-0.2, 0) is 0 Å². The van der Waals surface area contributed by atoms with Crippen molar-refractivity contribution in [2.24, 2.45) is 0 Å². The van der Waals surface area contributed by atoms with Gasteiger partial charge in [0.15, 0.2) is 0 Å². The zero-order chi connectivity index (χ0) is 10.9. The van der Waals surface area contributed by atoms with Crippen molar-refractivity contribution < 1.29 is 0 Å². The van der Waals surface area contributed by atoms with Gasteiger partial charge < -0.3 is 0 Å². The molecule has 1 rings (SSSR count). The number of nitriles is 2. The van der Waals surface area contributed by atoms with Crippen LogP contribution in [0, 0.1) is 22.7 Å². The van der Waals surface area contributed by atoms with Gasteiger partial charge in [0, 0.05) is 10.4 Å². The summed E-state index contributed by atoms with van der Waals surface area (Å²) in [5.41, 5.74) is 0.263. The highest BCUT2D eigenvalue weighted by molar-refractivity contribution is 6.42.